The van der Waals surface area contributed by atoms with Crippen molar-refractivity contribution < 1.29 is 4.74 Å². The molecule has 1 aliphatic heterocycles. The molecule has 1 aromatic heterocycles. The molecule has 1 aliphatic rings. The lowest BCUT2D eigenvalue weighted by atomic mass is 10.1. The number of hydrogen-bond donors (Lipinski definition) is 0. The van der Waals surface area contributed by atoms with Crippen LogP contribution in [0.1, 0.15) is 12.5 Å². The SMILES string of the molecule is CCN1C[C@@H](CN(C)c2c(C#N)c(=O)n(C)c(=O)n2C)Oc2ccccc21. The number of ether oxygens (including phenoxy) is 1. The Morgan fingerprint density at radius 2 is 1.96 bits per heavy atom. The normalized spacial score (nSPS) is 15.7. The Labute approximate surface area is 157 Å². The van der Waals surface area contributed by atoms with Gasteiger partial charge < -0.3 is 14.5 Å². The monoisotopic (exact) mass is 369 g/mol. The minimum Gasteiger partial charge on any atom is -0.485 e. The quantitative estimate of drug-likeness (QED) is 0.788. The molecule has 0 spiro atoms. The highest BCUT2D eigenvalue weighted by Crippen LogP contribution is 2.33. The lowest BCUT2D eigenvalue weighted by Gasteiger charge is -2.37. The highest BCUT2D eigenvalue weighted by molar-refractivity contribution is 5.60. The highest BCUT2D eigenvalue weighted by Gasteiger charge is 2.27. The Balaban J connectivity index is 1.94. The molecule has 27 heavy (non-hydrogen) atoms. The number of hydrogen-bond acceptors (Lipinski definition) is 6. The number of benzene rings is 1. The first-order valence-electron chi connectivity index (χ1n) is 8.80. The van der Waals surface area contributed by atoms with Crippen molar-refractivity contribution in [3.63, 3.8) is 0 Å². The van der Waals surface area contributed by atoms with Crippen LogP contribution in [0.2, 0.25) is 0 Å². The van der Waals surface area contributed by atoms with Gasteiger partial charge in [0.05, 0.1) is 18.8 Å². The van der Waals surface area contributed by atoms with Crippen molar-refractivity contribution >= 4 is 11.5 Å². The fourth-order valence-corrected chi connectivity index (χ4v) is 3.54. The second-order valence-electron chi connectivity index (χ2n) is 6.64. The van der Waals surface area contributed by atoms with E-state index < -0.39 is 11.2 Å². The number of para-hydroxylation sites is 2. The van der Waals surface area contributed by atoms with Crippen LogP contribution in [-0.4, -0.2) is 41.9 Å². The van der Waals surface area contributed by atoms with Crippen LogP contribution in [0, 0.1) is 11.3 Å². The van der Waals surface area contributed by atoms with Gasteiger partial charge in [-0.3, -0.25) is 13.9 Å². The number of nitriles is 1. The molecule has 0 N–H and O–H groups in total. The van der Waals surface area contributed by atoms with Crippen LogP contribution in [0.3, 0.4) is 0 Å². The molecule has 1 aromatic carbocycles. The molecule has 2 aromatic rings. The van der Waals surface area contributed by atoms with E-state index in [0.717, 1.165) is 22.5 Å². The van der Waals surface area contributed by atoms with Crippen molar-refractivity contribution in [2.75, 3.05) is 36.5 Å². The largest absolute Gasteiger partial charge is 0.485 e. The zero-order chi connectivity index (χ0) is 19.7. The van der Waals surface area contributed by atoms with Gasteiger partial charge in [-0.1, -0.05) is 12.1 Å². The fourth-order valence-electron chi connectivity index (χ4n) is 3.54. The van der Waals surface area contributed by atoms with Gasteiger partial charge in [0, 0.05) is 27.7 Å². The maximum atomic E-state index is 12.3. The molecule has 0 fully saturated rings. The molecule has 142 valence electrons. The topological polar surface area (TPSA) is 83.5 Å². The summed E-state index contributed by atoms with van der Waals surface area (Å²) < 4.78 is 8.39. The van der Waals surface area contributed by atoms with E-state index in [9.17, 15) is 14.9 Å². The van der Waals surface area contributed by atoms with E-state index in [1.54, 1.807) is 19.0 Å². The molecule has 0 saturated carbocycles. The van der Waals surface area contributed by atoms with Gasteiger partial charge in [0.1, 0.15) is 23.7 Å². The number of rotatable bonds is 4. The third-order valence-electron chi connectivity index (χ3n) is 4.89. The standard InChI is InChI=1S/C19H23N5O3/c1-5-24-12-13(27-16-9-7-6-8-15(16)24)11-21(2)17-14(10-20)18(25)23(4)19(26)22(17)3/h6-9,13H,5,11-12H2,1-4H3/t13-/m1/s1. The van der Waals surface area contributed by atoms with E-state index >= 15 is 0 Å². The predicted molar refractivity (Wildman–Crippen MR) is 104 cm³/mol. The average Bonchev–Trinajstić information content (AvgIpc) is 2.68. The van der Waals surface area contributed by atoms with Gasteiger partial charge in [-0.25, -0.2) is 4.79 Å². The third-order valence-corrected chi connectivity index (χ3v) is 4.89. The fraction of sp³-hybridized carbons (Fsp3) is 0.421. The first-order chi connectivity index (χ1) is 12.9. The summed E-state index contributed by atoms with van der Waals surface area (Å²) in [7, 11) is 4.69. The van der Waals surface area contributed by atoms with Gasteiger partial charge in [0.2, 0.25) is 0 Å². The number of anilines is 2. The third kappa shape index (κ3) is 3.16. The first-order valence-corrected chi connectivity index (χ1v) is 8.80. The van der Waals surface area contributed by atoms with Gasteiger partial charge in [0.15, 0.2) is 5.56 Å². The minimum absolute atomic E-state index is 0.0503. The van der Waals surface area contributed by atoms with Crippen molar-refractivity contribution in [2.45, 2.75) is 13.0 Å². The number of aromatic nitrogens is 2. The maximum absolute atomic E-state index is 12.3. The van der Waals surface area contributed by atoms with Crippen LogP contribution in [0.5, 0.6) is 5.75 Å². The van der Waals surface area contributed by atoms with Gasteiger partial charge in [-0.15, -0.1) is 0 Å². The van der Waals surface area contributed by atoms with Crippen LogP contribution in [0.4, 0.5) is 11.5 Å². The number of nitrogens with zero attached hydrogens (tertiary/aromatic N) is 5. The van der Waals surface area contributed by atoms with Gasteiger partial charge in [0.25, 0.3) is 5.56 Å². The summed E-state index contributed by atoms with van der Waals surface area (Å²) in [5.41, 5.74) is -0.0539. The Morgan fingerprint density at radius 1 is 1.26 bits per heavy atom. The van der Waals surface area contributed by atoms with Crippen LogP contribution < -0.4 is 25.8 Å². The lowest BCUT2D eigenvalue weighted by Crippen LogP contribution is -2.48. The summed E-state index contributed by atoms with van der Waals surface area (Å²) in [5, 5.41) is 9.46. The van der Waals surface area contributed by atoms with Crippen molar-refractivity contribution in [3.05, 3.63) is 50.7 Å². The summed E-state index contributed by atoms with van der Waals surface area (Å²) in [6, 6.07) is 9.80. The van der Waals surface area contributed by atoms with Crippen molar-refractivity contribution in [2.24, 2.45) is 14.1 Å². The van der Waals surface area contributed by atoms with Gasteiger partial charge in [-0.05, 0) is 19.1 Å². The van der Waals surface area contributed by atoms with E-state index in [4.69, 9.17) is 4.74 Å². The summed E-state index contributed by atoms with van der Waals surface area (Å²) in [4.78, 5) is 28.6. The Bertz CT molecular complexity index is 1020. The lowest BCUT2D eigenvalue weighted by molar-refractivity contribution is 0.199. The van der Waals surface area contributed by atoms with Crippen LogP contribution in [0.25, 0.3) is 0 Å². The number of fused-ring (bicyclic) bond motifs is 1. The van der Waals surface area contributed by atoms with E-state index in [0.29, 0.717) is 18.9 Å². The van der Waals surface area contributed by atoms with Crippen molar-refractivity contribution in [3.8, 4) is 11.8 Å². The molecule has 8 nitrogen and oxygen atoms in total. The van der Waals surface area contributed by atoms with Crippen molar-refractivity contribution in [1.82, 2.24) is 9.13 Å². The molecule has 2 heterocycles. The van der Waals surface area contributed by atoms with E-state index in [1.165, 1.54) is 11.6 Å². The zero-order valence-corrected chi connectivity index (χ0v) is 16.0. The summed E-state index contributed by atoms with van der Waals surface area (Å²) in [6.45, 7) is 4.04. The maximum Gasteiger partial charge on any atom is 0.332 e. The average molecular weight is 369 g/mol. The van der Waals surface area contributed by atoms with E-state index in [2.05, 4.69) is 11.8 Å². The molecule has 1 atom stereocenters. The second-order valence-corrected chi connectivity index (χ2v) is 6.64. The smallest absolute Gasteiger partial charge is 0.332 e. The number of likely N-dealkylation sites (N-methyl/N-ethyl adjacent to an activating group) is 2. The summed E-state index contributed by atoms with van der Waals surface area (Å²) in [6.07, 6.45) is -0.171. The zero-order valence-electron chi connectivity index (χ0n) is 16.0. The molecule has 0 radical (unpaired) electrons. The highest BCUT2D eigenvalue weighted by atomic mass is 16.5. The molecule has 0 unspecified atom stereocenters. The van der Waals surface area contributed by atoms with Crippen LogP contribution in [-0.2, 0) is 14.1 Å². The first kappa shape index (κ1) is 18.6. The molecule has 3 rings (SSSR count). The molecule has 0 saturated heterocycles. The van der Waals surface area contributed by atoms with E-state index in [1.807, 2.05) is 30.3 Å². The Kier molecular flexibility index (Phi) is 4.95. The summed E-state index contributed by atoms with van der Waals surface area (Å²) >= 11 is 0. The minimum atomic E-state index is -0.590. The van der Waals surface area contributed by atoms with Crippen molar-refractivity contribution in [1.29, 1.82) is 5.26 Å². The second kappa shape index (κ2) is 7.19. The van der Waals surface area contributed by atoms with Gasteiger partial charge in [-0.2, -0.15) is 5.26 Å². The summed E-state index contributed by atoms with van der Waals surface area (Å²) in [5.74, 6) is 1.11. The molecule has 0 bridgehead atoms. The Hall–Kier alpha value is -3.21. The molecule has 8 heteroatoms. The Morgan fingerprint density at radius 3 is 2.63 bits per heavy atom. The molecule has 0 amide bonds. The van der Waals surface area contributed by atoms with Crippen LogP contribution in [0.15, 0.2) is 33.9 Å². The van der Waals surface area contributed by atoms with E-state index in [-0.39, 0.29) is 11.7 Å². The van der Waals surface area contributed by atoms with Gasteiger partial charge >= 0.3 is 5.69 Å². The van der Waals surface area contributed by atoms with Crippen LogP contribution >= 0.6 is 0 Å². The predicted octanol–water partition coefficient (Wildman–Crippen LogP) is 0.679. The molecule has 0 aliphatic carbocycles. The molecular weight excluding hydrogens is 346 g/mol. The molecular formula is C19H23N5O3.